The molecule has 0 atom stereocenters. The standard InChI is InChI=1S/C26H17BrN2/c27-19-12-14-23-22(17-19)25-24(29(23)21-9-5-2-6-10-21)13-11-18-15-16-28(26(18)25)20-7-3-1-4-8-20/h1-8,11-17H,9H2. The van der Waals surface area contributed by atoms with E-state index in [1.54, 1.807) is 0 Å². The van der Waals surface area contributed by atoms with E-state index < -0.39 is 0 Å². The molecule has 0 unspecified atom stereocenters. The van der Waals surface area contributed by atoms with Crippen molar-refractivity contribution < 1.29 is 0 Å². The Morgan fingerprint density at radius 3 is 2.59 bits per heavy atom. The highest BCUT2D eigenvalue weighted by molar-refractivity contribution is 9.10. The predicted molar refractivity (Wildman–Crippen MR) is 126 cm³/mol. The molecule has 0 amide bonds. The molecule has 0 aliphatic heterocycles. The van der Waals surface area contributed by atoms with Crippen LogP contribution in [0.3, 0.4) is 0 Å². The van der Waals surface area contributed by atoms with Gasteiger partial charge in [-0.15, -0.1) is 0 Å². The van der Waals surface area contributed by atoms with E-state index >= 15 is 0 Å². The Bertz CT molecular complexity index is 1510. The number of allylic oxidation sites excluding steroid dienone is 3. The van der Waals surface area contributed by atoms with E-state index in [0.29, 0.717) is 0 Å². The first-order valence-electron chi connectivity index (χ1n) is 9.71. The third-order valence-corrected chi connectivity index (χ3v) is 6.13. The number of benzene rings is 3. The molecule has 0 saturated heterocycles. The summed E-state index contributed by atoms with van der Waals surface area (Å²) in [6, 6.07) is 23.8. The number of hydrogen-bond acceptors (Lipinski definition) is 0. The summed E-state index contributed by atoms with van der Waals surface area (Å²) < 4.78 is 5.75. The van der Waals surface area contributed by atoms with Gasteiger partial charge in [0.05, 0.1) is 22.2 Å². The van der Waals surface area contributed by atoms with Crippen LogP contribution in [0.2, 0.25) is 0 Å². The van der Waals surface area contributed by atoms with Crippen molar-refractivity contribution in [2.24, 2.45) is 0 Å². The first kappa shape index (κ1) is 16.7. The first-order valence-corrected chi connectivity index (χ1v) is 10.5. The highest BCUT2D eigenvalue weighted by Gasteiger charge is 2.18. The second-order valence-corrected chi connectivity index (χ2v) is 8.22. The molecule has 0 fully saturated rings. The summed E-state index contributed by atoms with van der Waals surface area (Å²) in [5.41, 5.74) is 9.47. The van der Waals surface area contributed by atoms with Crippen molar-refractivity contribution in [3.8, 4) is 5.69 Å². The Morgan fingerprint density at radius 2 is 1.76 bits per heavy atom. The van der Waals surface area contributed by atoms with Gasteiger partial charge in [0.1, 0.15) is 0 Å². The molecular formula is C26H17BrN2. The Labute approximate surface area is 176 Å². The maximum Gasteiger partial charge on any atom is 0.0694 e. The number of hydrogen-bond donors (Lipinski definition) is 0. The van der Waals surface area contributed by atoms with Crippen molar-refractivity contribution in [3.63, 3.8) is 0 Å². The van der Waals surface area contributed by atoms with E-state index in [2.05, 4.69) is 116 Å². The lowest BCUT2D eigenvalue weighted by Crippen LogP contribution is -1.96. The average molecular weight is 437 g/mol. The monoisotopic (exact) mass is 436 g/mol. The molecule has 29 heavy (non-hydrogen) atoms. The summed E-state index contributed by atoms with van der Waals surface area (Å²) in [6.07, 6.45) is 9.30. The zero-order valence-corrected chi connectivity index (χ0v) is 17.2. The fourth-order valence-electron chi connectivity index (χ4n) is 4.41. The van der Waals surface area contributed by atoms with Crippen molar-refractivity contribution in [2.75, 3.05) is 0 Å². The fraction of sp³-hybridized carbons (Fsp3) is 0.0385. The molecule has 0 bridgehead atoms. The molecule has 3 heteroatoms. The normalized spacial score (nSPS) is 13.6. The van der Waals surface area contributed by atoms with Crippen LogP contribution in [0.15, 0.2) is 101 Å². The van der Waals surface area contributed by atoms with Gasteiger partial charge in [0.2, 0.25) is 0 Å². The first-order chi connectivity index (χ1) is 14.3. The Morgan fingerprint density at radius 1 is 0.897 bits per heavy atom. The zero-order valence-electron chi connectivity index (χ0n) is 15.6. The molecule has 2 nitrogen and oxygen atoms in total. The highest BCUT2D eigenvalue weighted by Crippen LogP contribution is 2.39. The van der Waals surface area contributed by atoms with E-state index in [-0.39, 0.29) is 0 Å². The maximum absolute atomic E-state index is 3.69. The highest BCUT2D eigenvalue weighted by atomic mass is 79.9. The third kappa shape index (κ3) is 2.49. The molecule has 2 heterocycles. The van der Waals surface area contributed by atoms with Gasteiger partial charge in [-0.1, -0.05) is 58.1 Å². The van der Waals surface area contributed by atoms with Gasteiger partial charge in [-0.05, 0) is 48.5 Å². The number of halogens is 1. The van der Waals surface area contributed by atoms with Crippen LogP contribution in [0.1, 0.15) is 6.42 Å². The SMILES string of the molecule is Brc1ccc2c(c1)c1c3c(ccc1n2C1=C=CC=CC1)ccn3-c1ccccc1. The predicted octanol–water partition coefficient (Wildman–Crippen LogP) is 7.46. The second kappa shape index (κ2) is 6.38. The molecule has 3 aromatic carbocycles. The van der Waals surface area contributed by atoms with Gasteiger partial charge >= 0.3 is 0 Å². The van der Waals surface area contributed by atoms with Crippen LogP contribution in [-0.2, 0) is 0 Å². The molecule has 0 saturated carbocycles. The summed E-state index contributed by atoms with van der Waals surface area (Å²) in [5.74, 6) is 0. The summed E-state index contributed by atoms with van der Waals surface area (Å²) in [4.78, 5) is 0. The van der Waals surface area contributed by atoms with Crippen LogP contribution in [0.4, 0.5) is 0 Å². The van der Waals surface area contributed by atoms with E-state index in [9.17, 15) is 0 Å². The molecule has 5 aromatic rings. The van der Waals surface area contributed by atoms with Gasteiger partial charge in [-0.3, -0.25) is 0 Å². The summed E-state index contributed by atoms with van der Waals surface area (Å²) in [6.45, 7) is 0. The summed E-state index contributed by atoms with van der Waals surface area (Å²) in [5, 5.41) is 3.77. The second-order valence-electron chi connectivity index (χ2n) is 7.31. The average Bonchev–Trinajstić information content (AvgIpc) is 3.33. The minimum Gasteiger partial charge on any atom is -0.316 e. The lowest BCUT2D eigenvalue weighted by atomic mass is 10.1. The molecule has 0 radical (unpaired) electrons. The van der Waals surface area contributed by atoms with Crippen LogP contribution in [0.25, 0.3) is 44.1 Å². The molecular weight excluding hydrogens is 420 g/mol. The quantitative estimate of drug-likeness (QED) is 0.254. The van der Waals surface area contributed by atoms with E-state index in [0.717, 1.165) is 10.9 Å². The van der Waals surface area contributed by atoms with Crippen molar-refractivity contribution in [1.29, 1.82) is 0 Å². The van der Waals surface area contributed by atoms with E-state index in [4.69, 9.17) is 0 Å². The van der Waals surface area contributed by atoms with Crippen LogP contribution >= 0.6 is 15.9 Å². The molecule has 1 aliphatic carbocycles. The molecule has 0 N–H and O–H groups in total. The zero-order chi connectivity index (χ0) is 19.4. The van der Waals surface area contributed by atoms with Crippen LogP contribution in [0.5, 0.6) is 0 Å². The molecule has 0 spiro atoms. The van der Waals surface area contributed by atoms with Gasteiger partial charge in [-0.2, -0.15) is 0 Å². The van der Waals surface area contributed by atoms with Crippen molar-refractivity contribution in [3.05, 3.63) is 101 Å². The number of para-hydroxylation sites is 1. The van der Waals surface area contributed by atoms with Crippen LogP contribution in [-0.4, -0.2) is 9.13 Å². The van der Waals surface area contributed by atoms with Gasteiger partial charge in [0.15, 0.2) is 0 Å². The third-order valence-electron chi connectivity index (χ3n) is 5.64. The van der Waals surface area contributed by atoms with Crippen LogP contribution in [0, 0.1) is 0 Å². The van der Waals surface area contributed by atoms with Gasteiger partial charge in [0.25, 0.3) is 0 Å². The lowest BCUT2D eigenvalue weighted by molar-refractivity contribution is 1.13. The van der Waals surface area contributed by atoms with Crippen molar-refractivity contribution in [2.45, 2.75) is 6.42 Å². The smallest absolute Gasteiger partial charge is 0.0694 e. The Balaban J connectivity index is 1.83. The van der Waals surface area contributed by atoms with E-state index in [1.807, 2.05) is 6.08 Å². The maximum atomic E-state index is 3.69. The van der Waals surface area contributed by atoms with E-state index in [1.165, 1.54) is 44.1 Å². The minimum atomic E-state index is 0.878. The largest absolute Gasteiger partial charge is 0.316 e. The molecule has 138 valence electrons. The van der Waals surface area contributed by atoms with Gasteiger partial charge in [-0.25, -0.2) is 0 Å². The lowest BCUT2D eigenvalue weighted by Gasteiger charge is -2.10. The summed E-state index contributed by atoms with van der Waals surface area (Å²) >= 11 is 3.69. The Kier molecular flexibility index (Phi) is 3.67. The van der Waals surface area contributed by atoms with Crippen LogP contribution < -0.4 is 0 Å². The molecule has 2 aromatic heterocycles. The number of rotatable bonds is 2. The van der Waals surface area contributed by atoms with Crippen molar-refractivity contribution >= 4 is 54.3 Å². The van der Waals surface area contributed by atoms with Gasteiger partial charge < -0.3 is 9.13 Å². The fourth-order valence-corrected chi connectivity index (χ4v) is 4.77. The van der Waals surface area contributed by atoms with Crippen molar-refractivity contribution in [1.82, 2.24) is 9.13 Å². The number of aromatic nitrogens is 2. The molecule has 1 aliphatic rings. The van der Waals surface area contributed by atoms with Gasteiger partial charge in [0, 0.05) is 38.9 Å². The number of nitrogens with zero attached hydrogens (tertiary/aromatic N) is 2. The Hall–Kier alpha value is -3.26. The number of fused-ring (bicyclic) bond motifs is 5. The summed E-state index contributed by atoms with van der Waals surface area (Å²) in [7, 11) is 0. The molecule has 6 rings (SSSR count). The topological polar surface area (TPSA) is 9.86 Å². The minimum absolute atomic E-state index is 0.878.